The number of ether oxygens (including phenoxy) is 3. The van der Waals surface area contributed by atoms with E-state index in [0.717, 1.165) is 38.9 Å². The van der Waals surface area contributed by atoms with Crippen LogP contribution in [0.2, 0.25) is 10.0 Å². The number of hydrogen-bond donors (Lipinski definition) is 2. The van der Waals surface area contributed by atoms with E-state index >= 15 is 0 Å². The van der Waals surface area contributed by atoms with E-state index in [9.17, 15) is 9.59 Å². The highest BCUT2D eigenvalue weighted by Crippen LogP contribution is 2.41. The maximum absolute atomic E-state index is 14.1. The van der Waals surface area contributed by atoms with E-state index in [-0.39, 0.29) is 43.1 Å². The van der Waals surface area contributed by atoms with Crippen molar-refractivity contribution in [1.29, 1.82) is 5.26 Å². The summed E-state index contributed by atoms with van der Waals surface area (Å²) in [6.45, 7) is 4.32. The zero-order valence-electron chi connectivity index (χ0n) is 33.2. The molecule has 8 rings (SSSR count). The molecule has 2 aliphatic rings. The van der Waals surface area contributed by atoms with Gasteiger partial charge < -0.3 is 34.0 Å². The maximum atomic E-state index is 14.1. The van der Waals surface area contributed by atoms with Crippen LogP contribution in [0.3, 0.4) is 0 Å². The number of amides is 2. The minimum absolute atomic E-state index is 0.167. The number of fused-ring (bicyclic) bond motifs is 2. The molecule has 0 bridgehead atoms. The lowest BCUT2D eigenvalue weighted by Crippen LogP contribution is -2.53. The number of carboxylic acid groups (broad SMARTS) is 1. The minimum Gasteiger partial charge on any atom is -0.489 e. The Hall–Kier alpha value is -6.81. The first-order valence-electron chi connectivity index (χ1n) is 19.4. The van der Waals surface area contributed by atoms with Crippen LogP contribution < -0.4 is 19.5 Å². The minimum atomic E-state index is -0.789. The quantitative estimate of drug-likeness (QED) is 0.127. The van der Waals surface area contributed by atoms with E-state index in [1.165, 1.54) is 0 Å². The SMILES string of the molecule is Cc1nc(C(=O)N2Cc3cc4c(cc3CC2C(=O)NCCc2ccc(-c3ccc(C#N)cc3)cc2)OCC(c2ccc(OCc3ccc(Cl)c(Cl)c3)cc2)O4)c(C)o1.O=CO. The number of rotatable bonds is 10. The van der Waals surface area contributed by atoms with Gasteiger partial charge in [-0.3, -0.25) is 14.4 Å². The molecule has 0 radical (unpaired) electrons. The summed E-state index contributed by atoms with van der Waals surface area (Å²) in [4.78, 5) is 42.3. The van der Waals surface area contributed by atoms with Crippen LogP contribution in [0.5, 0.6) is 17.2 Å². The lowest BCUT2D eigenvalue weighted by molar-refractivity contribution is -0.126. The van der Waals surface area contributed by atoms with E-state index in [1.807, 2.05) is 78.9 Å². The Bertz CT molecular complexity index is 2590. The van der Waals surface area contributed by atoms with Gasteiger partial charge >= 0.3 is 0 Å². The monoisotopic (exact) mass is 858 g/mol. The Kier molecular flexibility index (Phi) is 13.2. The van der Waals surface area contributed by atoms with Crippen molar-refractivity contribution in [3.63, 3.8) is 0 Å². The van der Waals surface area contributed by atoms with E-state index in [0.29, 0.717) is 70.7 Å². The van der Waals surface area contributed by atoms with Gasteiger partial charge in [-0.25, -0.2) is 4.98 Å². The molecule has 2 atom stereocenters. The van der Waals surface area contributed by atoms with E-state index in [2.05, 4.69) is 16.4 Å². The number of nitrogens with zero attached hydrogens (tertiary/aromatic N) is 3. The predicted octanol–water partition coefficient (Wildman–Crippen LogP) is 8.86. The average Bonchev–Trinajstić information content (AvgIpc) is 3.62. The standard InChI is InChI=1S/C46H38Cl2N4O6.CH2O2/c1-27-44(51-28(2)57-27)46(54)52-24-36-22-42-41(56-26-43(58-42)34-12-14-37(15-13-34)55-25-31-7-16-38(47)39(48)19-31)21-35(36)20-40(52)45(53)50-18-17-29-3-8-32(9-4-29)33-10-5-30(23-49)6-11-33;2-1-3/h3-16,19,21-22,40,43H,17-18,20,24-26H2,1-2H3,(H,50,53);1H,(H,2,3). The summed E-state index contributed by atoms with van der Waals surface area (Å²) in [6.07, 6.45) is 0.515. The predicted molar refractivity (Wildman–Crippen MR) is 228 cm³/mol. The maximum Gasteiger partial charge on any atom is 0.290 e. The molecule has 0 saturated carbocycles. The second-order valence-corrected chi connectivity index (χ2v) is 15.2. The Labute approximate surface area is 362 Å². The van der Waals surface area contributed by atoms with Gasteiger partial charge in [-0.05, 0) is 101 Å². The van der Waals surface area contributed by atoms with Crippen molar-refractivity contribution < 1.29 is 38.1 Å². The van der Waals surface area contributed by atoms with Crippen molar-refractivity contribution in [1.82, 2.24) is 15.2 Å². The third kappa shape index (κ3) is 9.98. The van der Waals surface area contributed by atoms with Crippen molar-refractivity contribution in [2.45, 2.75) is 52.0 Å². The molecule has 0 spiro atoms. The van der Waals surface area contributed by atoms with Gasteiger partial charge in [0.05, 0.1) is 21.7 Å². The fourth-order valence-corrected chi connectivity index (χ4v) is 7.57. The molecule has 2 N–H and O–H groups in total. The molecule has 2 aliphatic heterocycles. The topological polar surface area (TPSA) is 164 Å². The molecule has 61 heavy (non-hydrogen) atoms. The molecule has 310 valence electrons. The van der Waals surface area contributed by atoms with Gasteiger partial charge in [0.2, 0.25) is 5.91 Å². The first kappa shape index (κ1) is 42.3. The Balaban J connectivity index is 0.00000182. The van der Waals surface area contributed by atoms with Gasteiger partial charge in [-0.1, -0.05) is 77.8 Å². The summed E-state index contributed by atoms with van der Waals surface area (Å²) in [5.74, 6) is 1.97. The fraction of sp³-hybridized carbons (Fsp3) is 0.213. The molecule has 3 heterocycles. The van der Waals surface area contributed by atoms with Gasteiger partial charge in [0.1, 0.15) is 30.8 Å². The summed E-state index contributed by atoms with van der Waals surface area (Å²) in [6, 6.07) is 33.8. The third-order valence-corrected chi connectivity index (χ3v) is 11.1. The summed E-state index contributed by atoms with van der Waals surface area (Å²) in [7, 11) is 0. The number of carbonyl (C=O) groups excluding carboxylic acids is 2. The van der Waals surface area contributed by atoms with Gasteiger partial charge in [0.25, 0.3) is 12.4 Å². The van der Waals surface area contributed by atoms with Gasteiger partial charge in [0.15, 0.2) is 29.2 Å². The summed E-state index contributed by atoms with van der Waals surface area (Å²) >= 11 is 12.2. The largest absolute Gasteiger partial charge is 0.489 e. The molecule has 1 aromatic heterocycles. The van der Waals surface area contributed by atoms with Crippen LogP contribution in [0.15, 0.2) is 108 Å². The number of carbonyl (C=O) groups is 3. The number of aromatic nitrogens is 1. The molecule has 2 unspecified atom stereocenters. The van der Waals surface area contributed by atoms with Gasteiger partial charge in [0, 0.05) is 26.4 Å². The zero-order valence-corrected chi connectivity index (χ0v) is 34.7. The van der Waals surface area contributed by atoms with E-state index in [1.54, 1.807) is 43.0 Å². The van der Waals surface area contributed by atoms with Crippen molar-refractivity contribution in [3.05, 3.63) is 164 Å². The molecular formula is C47H40Cl2N4O8. The molecule has 0 saturated heterocycles. The number of nitrogens with one attached hydrogen (secondary N) is 1. The normalized spacial score (nSPS) is 15.0. The third-order valence-electron chi connectivity index (χ3n) is 10.4. The summed E-state index contributed by atoms with van der Waals surface area (Å²) in [5, 5.41) is 20.0. The average molecular weight is 860 g/mol. The van der Waals surface area contributed by atoms with Crippen molar-refractivity contribution in [2.24, 2.45) is 0 Å². The van der Waals surface area contributed by atoms with Crippen LogP contribution in [-0.2, 0) is 35.6 Å². The Morgan fingerprint density at radius 3 is 2.25 bits per heavy atom. The smallest absolute Gasteiger partial charge is 0.290 e. The van der Waals surface area contributed by atoms with Crippen molar-refractivity contribution in [2.75, 3.05) is 13.2 Å². The highest BCUT2D eigenvalue weighted by molar-refractivity contribution is 6.42. The van der Waals surface area contributed by atoms with E-state index < -0.39 is 6.04 Å². The molecule has 0 aliphatic carbocycles. The van der Waals surface area contributed by atoms with Crippen LogP contribution in [0.4, 0.5) is 0 Å². The van der Waals surface area contributed by atoms with Crippen LogP contribution in [0, 0.1) is 25.2 Å². The molecule has 5 aromatic carbocycles. The Morgan fingerprint density at radius 2 is 1.59 bits per heavy atom. The Morgan fingerprint density at radius 1 is 0.918 bits per heavy atom. The van der Waals surface area contributed by atoms with Gasteiger partial charge in [-0.2, -0.15) is 5.26 Å². The second kappa shape index (κ2) is 19.1. The number of hydrogen-bond acceptors (Lipinski definition) is 9. The number of nitriles is 1. The molecule has 12 nitrogen and oxygen atoms in total. The summed E-state index contributed by atoms with van der Waals surface area (Å²) < 4.78 is 24.3. The molecular weight excluding hydrogens is 819 g/mol. The number of benzene rings is 5. The van der Waals surface area contributed by atoms with E-state index in [4.69, 9.17) is 57.0 Å². The lowest BCUT2D eigenvalue weighted by atomic mass is 9.92. The molecule has 6 aromatic rings. The number of aryl methyl sites for hydroxylation is 2. The van der Waals surface area contributed by atoms with Crippen molar-refractivity contribution >= 4 is 41.5 Å². The van der Waals surface area contributed by atoms with Crippen LogP contribution in [0.25, 0.3) is 11.1 Å². The molecule has 2 amide bonds. The first-order chi connectivity index (χ1) is 29.5. The fourth-order valence-electron chi connectivity index (χ4n) is 7.25. The van der Waals surface area contributed by atoms with Crippen LogP contribution in [0.1, 0.15) is 61.6 Å². The zero-order chi connectivity index (χ0) is 43.0. The first-order valence-corrected chi connectivity index (χ1v) is 20.1. The highest BCUT2D eigenvalue weighted by Gasteiger charge is 2.38. The highest BCUT2D eigenvalue weighted by atomic mass is 35.5. The van der Waals surface area contributed by atoms with Crippen LogP contribution >= 0.6 is 23.2 Å². The van der Waals surface area contributed by atoms with Crippen LogP contribution in [-0.4, -0.2) is 52.5 Å². The number of halogens is 2. The lowest BCUT2D eigenvalue weighted by Gasteiger charge is -2.37. The summed E-state index contributed by atoms with van der Waals surface area (Å²) in [5.41, 5.74) is 7.48. The number of oxazole rings is 1. The molecule has 14 heteroatoms. The van der Waals surface area contributed by atoms with Crippen molar-refractivity contribution in [3.8, 4) is 34.4 Å². The van der Waals surface area contributed by atoms with Gasteiger partial charge in [-0.15, -0.1) is 0 Å². The molecule has 0 fully saturated rings. The second-order valence-electron chi connectivity index (χ2n) is 14.4.